The van der Waals surface area contributed by atoms with Crippen LogP contribution in [-0.2, 0) is 11.3 Å². The molecule has 1 fully saturated rings. The van der Waals surface area contributed by atoms with E-state index in [9.17, 15) is 0 Å². The van der Waals surface area contributed by atoms with Crippen LogP contribution in [0.15, 0.2) is 18.2 Å². The Labute approximate surface area is 112 Å². The van der Waals surface area contributed by atoms with Gasteiger partial charge in [0.25, 0.3) is 0 Å². The maximum Gasteiger partial charge on any atom is 0.0724 e. The molecule has 2 nitrogen and oxygen atoms in total. The summed E-state index contributed by atoms with van der Waals surface area (Å²) in [4.78, 5) is 0. The highest BCUT2D eigenvalue weighted by Gasteiger charge is 2.26. The molecule has 1 aliphatic carbocycles. The van der Waals surface area contributed by atoms with Crippen molar-refractivity contribution in [1.82, 2.24) is 5.32 Å². The smallest absolute Gasteiger partial charge is 0.0724 e. The highest BCUT2D eigenvalue weighted by Crippen LogP contribution is 2.26. The molecule has 1 aliphatic rings. The van der Waals surface area contributed by atoms with Gasteiger partial charge < -0.3 is 10.1 Å². The lowest BCUT2D eigenvalue weighted by molar-refractivity contribution is 0.0847. The number of halogens is 2. The molecule has 0 spiro atoms. The zero-order chi connectivity index (χ0) is 12.3. The first-order chi connectivity index (χ1) is 8.22. The standard InChI is InChI=1S/C13H17Cl2NO/c1-17-12-7-3-6-11(12)16-8-9-4-2-5-10(14)13(9)15/h2,4-5,11-12,16H,3,6-8H2,1H3. The van der Waals surface area contributed by atoms with Crippen LogP contribution in [0.25, 0.3) is 0 Å². The van der Waals surface area contributed by atoms with Gasteiger partial charge in [-0.2, -0.15) is 0 Å². The van der Waals surface area contributed by atoms with Crippen LogP contribution >= 0.6 is 23.2 Å². The van der Waals surface area contributed by atoms with Crippen LogP contribution in [0.5, 0.6) is 0 Å². The Bertz CT molecular complexity index is 384. The quantitative estimate of drug-likeness (QED) is 0.904. The average molecular weight is 274 g/mol. The second-order valence-electron chi connectivity index (χ2n) is 4.41. The van der Waals surface area contributed by atoms with Crippen molar-refractivity contribution in [1.29, 1.82) is 0 Å². The summed E-state index contributed by atoms with van der Waals surface area (Å²) in [5, 5.41) is 4.76. The van der Waals surface area contributed by atoms with Crippen LogP contribution in [0, 0.1) is 0 Å². The molecule has 1 saturated carbocycles. The van der Waals surface area contributed by atoms with Crippen molar-refractivity contribution in [2.24, 2.45) is 0 Å². The van der Waals surface area contributed by atoms with Crippen molar-refractivity contribution in [2.45, 2.75) is 38.0 Å². The zero-order valence-corrected chi connectivity index (χ0v) is 11.4. The van der Waals surface area contributed by atoms with E-state index < -0.39 is 0 Å². The minimum absolute atomic E-state index is 0.327. The van der Waals surface area contributed by atoms with E-state index in [1.165, 1.54) is 6.42 Å². The van der Waals surface area contributed by atoms with Gasteiger partial charge in [-0.25, -0.2) is 0 Å². The van der Waals surface area contributed by atoms with Crippen LogP contribution < -0.4 is 5.32 Å². The first-order valence-corrected chi connectivity index (χ1v) is 6.67. The second-order valence-corrected chi connectivity index (χ2v) is 5.19. The number of nitrogens with one attached hydrogen (secondary N) is 1. The number of hydrogen-bond donors (Lipinski definition) is 1. The maximum atomic E-state index is 6.15. The van der Waals surface area contributed by atoms with Gasteiger partial charge in [0.1, 0.15) is 0 Å². The van der Waals surface area contributed by atoms with Gasteiger partial charge in [0, 0.05) is 19.7 Å². The predicted molar refractivity (Wildman–Crippen MR) is 71.7 cm³/mol. The second kappa shape index (κ2) is 6.05. The van der Waals surface area contributed by atoms with Crippen LogP contribution in [-0.4, -0.2) is 19.3 Å². The lowest BCUT2D eigenvalue weighted by atomic mass is 10.1. The average Bonchev–Trinajstić information content (AvgIpc) is 2.78. The molecule has 0 bridgehead atoms. The Morgan fingerprint density at radius 1 is 1.35 bits per heavy atom. The van der Waals surface area contributed by atoms with Gasteiger partial charge in [0.05, 0.1) is 16.1 Å². The summed E-state index contributed by atoms with van der Waals surface area (Å²) in [6.45, 7) is 0.740. The topological polar surface area (TPSA) is 21.3 Å². The molecule has 1 aromatic carbocycles. The summed E-state index contributed by atoms with van der Waals surface area (Å²) in [5.41, 5.74) is 1.04. The Balaban J connectivity index is 1.95. The fourth-order valence-corrected chi connectivity index (χ4v) is 2.75. The fourth-order valence-electron chi connectivity index (χ4n) is 2.37. The van der Waals surface area contributed by atoms with Gasteiger partial charge in [-0.1, -0.05) is 35.3 Å². The van der Waals surface area contributed by atoms with Gasteiger partial charge in [-0.15, -0.1) is 0 Å². The molecule has 4 heteroatoms. The SMILES string of the molecule is COC1CCCC1NCc1cccc(Cl)c1Cl. The summed E-state index contributed by atoms with van der Waals surface area (Å²) in [6, 6.07) is 6.15. The first-order valence-electron chi connectivity index (χ1n) is 5.91. The molecule has 94 valence electrons. The van der Waals surface area contributed by atoms with E-state index in [-0.39, 0.29) is 0 Å². The third-order valence-corrected chi connectivity index (χ3v) is 4.20. The molecule has 17 heavy (non-hydrogen) atoms. The van der Waals surface area contributed by atoms with Crippen molar-refractivity contribution >= 4 is 23.2 Å². The Morgan fingerprint density at radius 3 is 2.94 bits per heavy atom. The number of benzene rings is 1. The van der Waals surface area contributed by atoms with E-state index in [4.69, 9.17) is 27.9 Å². The lowest BCUT2D eigenvalue weighted by Crippen LogP contribution is -2.36. The Hall–Kier alpha value is -0.280. The third-order valence-electron chi connectivity index (χ3n) is 3.34. The van der Waals surface area contributed by atoms with E-state index in [1.807, 2.05) is 12.1 Å². The summed E-state index contributed by atoms with van der Waals surface area (Å²) in [6.07, 6.45) is 3.85. The molecule has 0 saturated heterocycles. The largest absolute Gasteiger partial charge is 0.380 e. The van der Waals surface area contributed by atoms with Crippen LogP contribution in [0.1, 0.15) is 24.8 Å². The number of hydrogen-bond acceptors (Lipinski definition) is 2. The molecule has 0 aromatic heterocycles. The molecular formula is C13H17Cl2NO. The van der Waals surface area contributed by atoms with Gasteiger partial charge in [0.15, 0.2) is 0 Å². The number of ether oxygens (including phenoxy) is 1. The van der Waals surface area contributed by atoms with Crippen molar-refractivity contribution in [2.75, 3.05) is 7.11 Å². The minimum Gasteiger partial charge on any atom is -0.380 e. The van der Waals surface area contributed by atoms with E-state index in [2.05, 4.69) is 5.32 Å². The molecule has 2 atom stereocenters. The van der Waals surface area contributed by atoms with Crippen molar-refractivity contribution < 1.29 is 4.74 Å². The van der Waals surface area contributed by atoms with Gasteiger partial charge >= 0.3 is 0 Å². The van der Waals surface area contributed by atoms with Crippen LogP contribution in [0.2, 0.25) is 10.0 Å². The molecule has 1 N–H and O–H groups in total. The van der Waals surface area contributed by atoms with Crippen molar-refractivity contribution in [3.8, 4) is 0 Å². The van der Waals surface area contributed by atoms with Crippen molar-refractivity contribution in [3.05, 3.63) is 33.8 Å². The highest BCUT2D eigenvalue weighted by molar-refractivity contribution is 6.42. The lowest BCUT2D eigenvalue weighted by Gasteiger charge is -2.20. The minimum atomic E-state index is 0.327. The molecule has 0 amide bonds. The fraction of sp³-hybridized carbons (Fsp3) is 0.538. The van der Waals surface area contributed by atoms with Crippen LogP contribution in [0.4, 0.5) is 0 Å². The summed E-state index contributed by atoms with van der Waals surface area (Å²) in [7, 11) is 1.77. The van der Waals surface area contributed by atoms with E-state index in [0.29, 0.717) is 22.2 Å². The van der Waals surface area contributed by atoms with Crippen LogP contribution in [0.3, 0.4) is 0 Å². The third kappa shape index (κ3) is 3.14. The monoisotopic (exact) mass is 273 g/mol. The van der Waals surface area contributed by atoms with E-state index >= 15 is 0 Å². The van der Waals surface area contributed by atoms with E-state index in [1.54, 1.807) is 13.2 Å². The van der Waals surface area contributed by atoms with Gasteiger partial charge in [-0.05, 0) is 30.9 Å². The van der Waals surface area contributed by atoms with Crippen molar-refractivity contribution in [3.63, 3.8) is 0 Å². The van der Waals surface area contributed by atoms with E-state index in [0.717, 1.165) is 24.9 Å². The molecular weight excluding hydrogens is 257 g/mol. The molecule has 2 unspecified atom stereocenters. The number of methoxy groups -OCH3 is 1. The first kappa shape index (κ1) is 13.2. The number of rotatable bonds is 4. The molecule has 0 radical (unpaired) electrons. The Morgan fingerprint density at radius 2 is 2.18 bits per heavy atom. The summed E-state index contributed by atoms with van der Waals surface area (Å²) >= 11 is 12.1. The maximum absolute atomic E-state index is 6.15. The molecule has 1 aromatic rings. The Kier molecular flexibility index (Phi) is 4.69. The zero-order valence-electron chi connectivity index (χ0n) is 9.88. The summed E-state index contributed by atoms with van der Waals surface area (Å²) < 4.78 is 5.44. The summed E-state index contributed by atoms with van der Waals surface area (Å²) in [5.74, 6) is 0. The van der Waals surface area contributed by atoms with Gasteiger partial charge in [-0.3, -0.25) is 0 Å². The molecule has 2 rings (SSSR count). The molecule has 0 aliphatic heterocycles. The highest BCUT2D eigenvalue weighted by atomic mass is 35.5. The van der Waals surface area contributed by atoms with Gasteiger partial charge in [0.2, 0.25) is 0 Å². The normalized spacial score (nSPS) is 24.2. The predicted octanol–water partition coefficient (Wildman–Crippen LogP) is 3.65. The molecule has 0 heterocycles.